The summed E-state index contributed by atoms with van der Waals surface area (Å²) < 4.78 is 53.1. The molecule has 4 aliphatic rings. The maximum absolute atomic E-state index is 17.1. The van der Waals surface area contributed by atoms with Crippen molar-refractivity contribution in [2.45, 2.75) is 62.8 Å². The number of phenolic OH excluding ortho intramolecular Hbond substituents is 1. The number of pyridine rings is 1. The molecule has 284 valence electrons. The van der Waals surface area contributed by atoms with Crippen molar-refractivity contribution in [2.75, 3.05) is 37.7 Å². The molecular weight excluding hydrogens is 722 g/mol. The normalized spacial score (nSPS) is 23.0. The number of piperazine rings is 1. The first-order valence-electron chi connectivity index (χ1n) is 18.7. The van der Waals surface area contributed by atoms with Gasteiger partial charge in [0.15, 0.2) is 5.82 Å². The molecule has 14 heteroatoms. The Balaban J connectivity index is 1.12. The van der Waals surface area contributed by atoms with E-state index in [0.29, 0.717) is 55.7 Å². The number of aryl methyl sites for hydroxylation is 1. The van der Waals surface area contributed by atoms with E-state index >= 15 is 4.39 Å². The summed E-state index contributed by atoms with van der Waals surface area (Å²) in [7, 11) is 0. The van der Waals surface area contributed by atoms with Gasteiger partial charge in [-0.1, -0.05) is 29.7 Å². The Labute approximate surface area is 320 Å². The van der Waals surface area contributed by atoms with Gasteiger partial charge >= 0.3 is 17.6 Å². The van der Waals surface area contributed by atoms with Gasteiger partial charge in [-0.25, -0.2) is 13.2 Å². The first-order chi connectivity index (χ1) is 27.1. The Morgan fingerprint density at radius 3 is 2.61 bits per heavy atom. The minimum absolute atomic E-state index is 0.0487. The zero-order chi connectivity index (χ0) is 38.9. The van der Waals surface area contributed by atoms with E-state index in [1.807, 2.05) is 24.0 Å². The first kappa shape index (κ1) is 35.7. The zero-order valence-corrected chi connectivity index (χ0v) is 30.6. The first-order valence-corrected chi connectivity index (χ1v) is 18.7. The van der Waals surface area contributed by atoms with E-state index in [2.05, 4.69) is 25.6 Å². The lowest BCUT2D eigenvalue weighted by atomic mass is 9.95. The lowest BCUT2D eigenvalue weighted by Crippen LogP contribution is -2.57. The summed E-state index contributed by atoms with van der Waals surface area (Å²) in [4.78, 5) is 37.1. The molecule has 11 nitrogen and oxygen atoms in total. The van der Waals surface area contributed by atoms with Gasteiger partial charge in [-0.15, -0.1) is 6.42 Å². The van der Waals surface area contributed by atoms with Crippen LogP contribution in [0.3, 0.4) is 0 Å². The van der Waals surface area contributed by atoms with Crippen molar-refractivity contribution in [3.8, 4) is 35.4 Å². The number of benzene rings is 3. The molecular formula is C42H37F3N8O3. The van der Waals surface area contributed by atoms with Crippen molar-refractivity contribution >= 4 is 39.1 Å². The van der Waals surface area contributed by atoms with Gasteiger partial charge in [0, 0.05) is 43.2 Å². The number of carbonyl (C=O) groups is 1. The lowest BCUT2D eigenvalue weighted by Gasteiger charge is -2.41. The minimum Gasteiger partial charge on any atom is -0.508 e. The summed E-state index contributed by atoms with van der Waals surface area (Å²) in [5, 5.41) is 11.5. The van der Waals surface area contributed by atoms with Crippen LogP contribution >= 0.6 is 0 Å². The van der Waals surface area contributed by atoms with Gasteiger partial charge in [-0.3, -0.25) is 14.7 Å². The molecule has 0 spiro atoms. The van der Waals surface area contributed by atoms with Crippen molar-refractivity contribution in [3.63, 3.8) is 0 Å². The Morgan fingerprint density at radius 1 is 1.11 bits per heavy atom. The fourth-order valence-corrected chi connectivity index (χ4v) is 9.38. The van der Waals surface area contributed by atoms with Crippen LogP contribution in [0.15, 0.2) is 54.7 Å². The number of alkyl halides is 1. The van der Waals surface area contributed by atoms with Gasteiger partial charge in [-0.2, -0.15) is 14.8 Å². The third kappa shape index (κ3) is 5.81. The van der Waals surface area contributed by atoms with Crippen LogP contribution in [0.1, 0.15) is 48.8 Å². The van der Waals surface area contributed by atoms with E-state index in [4.69, 9.17) is 16.1 Å². The number of amides is 1. The van der Waals surface area contributed by atoms with Crippen LogP contribution in [-0.4, -0.2) is 103 Å². The number of phenols is 1. The van der Waals surface area contributed by atoms with Crippen LogP contribution in [-0.2, 0) is 4.79 Å². The Hall–Kier alpha value is -6.03. The summed E-state index contributed by atoms with van der Waals surface area (Å²) in [6.07, 6.45) is 9.51. The van der Waals surface area contributed by atoms with Gasteiger partial charge in [0.25, 0.3) is 0 Å². The number of rotatable bonds is 7. The van der Waals surface area contributed by atoms with Crippen molar-refractivity contribution in [2.24, 2.45) is 0 Å². The molecule has 4 fully saturated rings. The zero-order valence-electron chi connectivity index (χ0n) is 30.6. The van der Waals surface area contributed by atoms with Gasteiger partial charge in [0.2, 0.25) is 0 Å². The number of aromatic hydroxyl groups is 1. The molecule has 5 aromatic rings. The molecule has 1 amide bonds. The molecule has 3 aromatic carbocycles. The monoisotopic (exact) mass is 758 g/mol. The van der Waals surface area contributed by atoms with E-state index in [9.17, 15) is 24.2 Å². The molecule has 2 bridgehead atoms. The van der Waals surface area contributed by atoms with Gasteiger partial charge in [-0.05, 0) is 74.9 Å². The van der Waals surface area contributed by atoms with Crippen LogP contribution < -0.4 is 9.64 Å². The van der Waals surface area contributed by atoms with Crippen molar-refractivity contribution < 1.29 is 32.6 Å². The third-order valence-electron chi connectivity index (χ3n) is 12.0. The standard InChI is InChI=1S/C42H37F3N8O3/c1-3-30-33(44)12-9-25-15-29(54)16-31(34(25)30)37-35(45)38-32(18-47-37)39(49-41(48-38)56-22-42-13-4-14-52(42)19-26(43)17-42)51-20-27-10-11-28(21-51)53(27)40(55)36(50-46)24-7-5-23(2)6-8-24/h1,5-9,12,15-16,18,26-28,54H,4,10-11,13-14,17,19-22H2,2H3/t26-,27?,28?,42?/m1/s1. The van der Waals surface area contributed by atoms with E-state index in [0.717, 1.165) is 24.9 Å². The summed E-state index contributed by atoms with van der Waals surface area (Å²) in [6.45, 7) is 3.77. The van der Waals surface area contributed by atoms with E-state index in [-0.39, 0.29) is 75.2 Å². The summed E-state index contributed by atoms with van der Waals surface area (Å²) in [6, 6.07) is 11.9. The van der Waals surface area contributed by atoms with Crippen molar-refractivity contribution in [1.82, 2.24) is 24.8 Å². The van der Waals surface area contributed by atoms with Crippen LogP contribution in [0, 0.1) is 30.9 Å². The second kappa shape index (κ2) is 13.6. The number of carbonyl (C=O) groups excluding carboxylic acids is 1. The molecule has 6 heterocycles. The predicted molar refractivity (Wildman–Crippen MR) is 203 cm³/mol. The largest absolute Gasteiger partial charge is 0.508 e. The average Bonchev–Trinajstić information content (AvgIpc) is 3.81. The molecule has 4 atom stereocenters. The van der Waals surface area contributed by atoms with Crippen molar-refractivity contribution in [1.29, 1.82) is 0 Å². The van der Waals surface area contributed by atoms with Gasteiger partial charge < -0.3 is 25.2 Å². The maximum atomic E-state index is 17.1. The predicted octanol–water partition coefficient (Wildman–Crippen LogP) is 5.97. The highest BCUT2D eigenvalue weighted by atomic mass is 19.1. The number of hydrogen-bond acceptors (Lipinski definition) is 8. The molecule has 0 saturated carbocycles. The second-order valence-corrected chi connectivity index (χ2v) is 15.4. The van der Waals surface area contributed by atoms with E-state index in [1.54, 1.807) is 17.0 Å². The third-order valence-corrected chi connectivity index (χ3v) is 12.0. The van der Waals surface area contributed by atoms with Crippen LogP contribution in [0.4, 0.5) is 19.0 Å². The number of ether oxygens (including phenoxy) is 1. The van der Waals surface area contributed by atoms with Crippen LogP contribution in [0.5, 0.6) is 11.8 Å². The summed E-state index contributed by atoms with van der Waals surface area (Å²) in [5.41, 5.74) is 10.5. The lowest BCUT2D eigenvalue weighted by molar-refractivity contribution is -0.131. The maximum Gasteiger partial charge on any atom is 0.386 e. The van der Waals surface area contributed by atoms with E-state index in [1.165, 1.54) is 30.5 Å². The molecule has 4 saturated heterocycles. The molecule has 0 aliphatic carbocycles. The van der Waals surface area contributed by atoms with Crippen LogP contribution in [0.25, 0.3) is 38.5 Å². The minimum atomic E-state index is -0.982. The molecule has 3 unspecified atom stereocenters. The number of fused-ring (bicyclic) bond motifs is 5. The van der Waals surface area contributed by atoms with Gasteiger partial charge in [0.05, 0.1) is 34.1 Å². The number of hydrogen-bond donors (Lipinski definition) is 1. The highest BCUT2D eigenvalue weighted by Gasteiger charge is 2.50. The smallest absolute Gasteiger partial charge is 0.386 e. The average molecular weight is 759 g/mol. The summed E-state index contributed by atoms with van der Waals surface area (Å²) in [5.74, 6) is 0.574. The fourth-order valence-electron chi connectivity index (χ4n) is 9.38. The quantitative estimate of drug-likeness (QED) is 0.0930. The fraction of sp³-hybridized carbons (Fsp3) is 0.357. The summed E-state index contributed by atoms with van der Waals surface area (Å²) >= 11 is 0. The molecule has 4 aliphatic heterocycles. The van der Waals surface area contributed by atoms with E-state index < -0.39 is 23.3 Å². The number of terminal acetylenes is 1. The van der Waals surface area contributed by atoms with Crippen LogP contribution in [0.2, 0.25) is 0 Å². The molecule has 56 heavy (non-hydrogen) atoms. The van der Waals surface area contributed by atoms with Gasteiger partial charge in [0.1, 0.15) is 41.4 Å². The molecule has 0 radical (unpaired) electrons. The highest BCUT2D eigenvalue weighted by molar-refractivity contribution is 6.43. The highest BCUT2D eigenvalue weighted by Crippen LogP contribution is 2.42. The molecule has 9 rings (SSSR count). The number of anilines is 1. The Bertz CT molecular complexity index is 2520. The van der Waals surface area contributed by atoms with Crippen molar-refractivity contribution in [3.05, 3.63) is 88.6 Å². The topological polar surface area (TPSA) is 131 Å². The number of halogens is 3. The number of aromatic nitrogens is 3. The Morgan fingerprint density at radius 2 is 1.88 bits per heavy atom. The second-order valence-electron chi connectivity index (χ2n) is 15.4. The molecule has 2 aromatic heterocycles. The number of nitrogens with zero attached hydrogens (tertiary/aromatic N) is 8. The molecule has 1 N–H and O–H groups in total. The Kier molecular flexibility index (Phi) is 8.67. The SMILES string of the molecule is C#Cc1c(F)ccc2cc(O)cc(-c3ncc4c(N5CC6CCC(C5)N6C(=O)C(=[N+]=[N-])c5ccc(C)cc5)nc(OCC56CCCN5C[C@H](F)C6)nc4c3F)c12.